The molecule has 140 valence electrons. The van der Waals surface area contributed by atoms with E-state index >= 15 is 0 Å². The number of carbonyl (C=O) groups is 3. The number of fused-ring (bicyclic) bond motifs is 1. The maximum Gasteiger partial charge on any atom is 0.322 e. The average Bonchev–Trinajstić information content (AvgIpc) is 3.06. The highest BCUT2D eigenvalue weighted by Gasteiger charge is 2.29. The molecule has 0 bridgehead atoms. The van der Waals surface area contributed by atoms with Gasteiger partial charge in [-0.1, -0.05) is 36.4 Å². The number of nitrogens with one attached hydrogen (secondary N) is 2. The number of thioether (sulfide) groups is 1. The molecule has 7 nitrogen and oxygen atoms in total. The number of hydrogen-bond donors (Lipinski definition) is 3. The minimum absolute atomic E-state index is 0.103. The zero-order valence-corrected chi connectivity index (χ0v) is 15.3. The Kier molecular flexibility index (Phi) is 6.08. The van der Waals surface area contributed by atoms with Crippen LogP contribution in [0.4, 0.5) is 0 Å². The minimum atomic E-state index is -1.13. The lowest BCUT2D eigenvalue weighted by atomic mass is 9.96. The summed E-state index contributed by atoms with van der Waals surface area (Å²) >= 11 is 1.57. The first-order valence-electron chi connectivity index (χ1n) is 8.47. The molecule has 1 aromatic carbocycles. The Labute approximate surface area is 160 Å². The molecule has 1 heterocycles. The number of aliphatic carboxylic acids is 1. The van der Waals surface area contributed by atoms with Gasteiger partial charge in [0.25, 0.3) is 0 Å². The summed E-state index contributed by atoms with van der Waals surface area (Å²) in [5.74, 6) is -1.99. The molecule has 0 spiro atoms. The van der Waals surface area contributed by atoms with Gasteiger partial charge in [0.1, 0.15) is 6.54 Å². The minimum Gasteiger partial charge on any atom is -0.480 e. The summed E-state index contributed by atoms with van der Waals surface area (Å²) in [4.78, 5) is 38.3. The van der Waals surface area contributed by atoms with Crippen molar-refractivity contribution in [3.05, 3.63) is 53.7 Å². The largest absolute Gasteiger partial charge is 0.480 e. The van der Waals surface area contributed by atoms with Crippen molar-refractivity contribution >= 4 is 40.2 Å². The number of benzene rings is 1. The number of amides is 2. The molecule has 1 aliphatic carbocycles. The highest BCUT2D eigenvalue weighted by molar-refractivity contribution is 8.15. The molecule has 0 aromatic heterocycles. The molecule has 0 saturated carbocycles. The Morgan fingerprint density at radius 3 is 2.56 bits per heavy atom. The van der Waals surface area contributed by atoms with Crippen LogP contribution in [0.1, 0.15) is 18.4 Å². The molecular weight excluding hydrogens is 366 g/mol. The summed E-state index contributed by atoms with van der Waals surface area (Å²) < 4.78 is 0. The summed E-state index contributed by atoms with van der Waals surface area (Å²) in [7, 11) is 0. The molecule has 1 atom stereocenters. The Hall–Kier alpha value is -2.87. The highest BCUT2D eigenvalue weighted by atomic mass is 32.2. The van der Waals surface area contributed by atoms with Crippen molar-refractivity contribution in [3.8, 4) is 0 Å². The molecule has 0 fully saturated rings. The summed E-state index contributed by atoms with van der Waals surface area (Å²) in [5, 5.41) is 14.1. The monoisotopic (exact) mass is 385 g/mol. The second kappa shape index (κ2) is 8.68. The molecule has 8 heteroatoms. The van der Waals surface area contributed by atoms with Gasteiger partial charge >= 0.3 is 5.97 Å². The maximum atomic E-state index is 12.0. The fourth-order valence-electron chi connectivity index (χ4n) is 2.77. The zero-order valence-electron chi connectivity index (χ0n) is 14.5. The standard InChI is InChI=1S/C19H19N3O4S/c23-16(20-10-17(24)21-11-19(25)26)9-18-22-14-7-6-13(8-15(14)27-18)12-4-2-1-3-5-12/h1-7,15H,8-11H2,(H,20,23)(H,21,24)(H,25,26). The molecule has 2 aliphatic rings. The molecule has 2 amide bonds. The number of hydrogen-bond acceptors (Lipinski definition) is 5. The van der Waals surface area contributed by atoms with Crippen molar-refractivity contribution in [2.75, 3.05) is 13.1 Å². The molecule has 0 radical (unpaired) electrons. The number of aliphatic imine (C=N–C) groups is 1. The SMILES string of the molecule is O=C(O)CNC(=O)CNC(=O)CC1=NC2=CC=C(c3ccccc3)CC2S1. The third-order valence-electron chi connectivity index (χ3n) is 4.06. The van der Waals surface area contributed by atoms with E-state index in [0.29, 0.717) is 0 Å². The van der Waals surface area contributed by atoms with Crippen LogP contribution in [0.5, 0.6) is 0 Å². The molecule has 1 aliphatic heterocycles. The van der Waals surface area contributed by atoms with E-state index in [1.54, 1.807) is 11.8 Å². The quantitative estimate of drug-likeness (QED) is 0.660. The van der Waals surface area contributed by atoms with E-state index in [1.165, 1.54) is 11.1 Å². The zero-order chi connectivity index (χ0) is 19.2. The van der Waals surface area contributed by atoms with E-state index in [4.69, 9.17) is 5.11 Å². The Bertz CT molecular complexity index is 846. The number of nitrogens with zero attached hydrogens (tertiary/aromatic N) is 1. The van der Waals surface area contributed by atoms with Gasteiger partial charge in [-0.3, -0.25) is 14.4 Å². The molecule has 27 heavy (non-hydrogen) atoms. The van der Waals surface area contributed by atoms with Gasteiger partial charge in [0.15, 0.2) is 0 Å². The number of allylic oxidation sites excluding steroid dienone is 3. The van der Waals surface area contributed by atoms with Crippen molar-refractivity contribution in [1.82, 2.24) is 10.6 Å². The number of carboxylic acids is 1. The molecule has 3 rings (SSSR count). The predicted octanol–water partition coefficient (Wildman–Crippen LogP) is 1.58. The Morgan fingerprint density at radius 1 is 1.07 bits per heavy atom. The van der Waals surface area contributed by atoms with Gasteiger partial charge in [-0.2, -0.15) is 0 Å². The third-order valence-corrected chi connectivity index (χ3v) is 5.26. The van der Waals surface area contributed by atoms with Gasteiger partial charge in [-0.05, 0) is 23.6 Å². The first-order valence-corrected chi connectivity index (χ1v) is 9.35. The van der Waals surface area contributed by atoms with Crippen molar-refractivity contribution < 1.29 is 19.5 Å². The van der Waals surface area contributed by atoms with Gasteiger partial charge in [0.2, 0.25) is 11.8 Å². The van der Waals surface area contributed by atoms with Gasteiger partial charge in [0, 0.05) is 0 Å². The van der Waals surface area contributed by atoms with E-state index in [1.807, 2.05) is 24.3 Å². The highest BCUT2D eigenvalue weighted by Crippen LogP contribution is 2.40. The van der Waals surface area contributed by atoms with Crippen LogP contribution < -0.4 is 10.6 Å². The molecule has 1 aromatic rings. The lowest BCUT2D eigenvalue weighted by Crippen LogP contribution is -2.39. The van der Waals surface area contributed by atoms with Crippen molar-refractivity contribution in [2.24, 2.45) is 4.99 Å². The average molecular weight is 385 g/mol. The normalized spacial score (nSPS) is 17.9. The van der Waals surface area contributed by atoms with Gasteiger partial charge in [0.05, 0.1) is 29.0 Å². The van der Waals surface area contributed by atoms with E-state index in [0.717, 1.165) is 17.2 Å². The van der Waals surface area contributed by atoms with Crippen LogP contribution in [0.3, 0.4) is 0 Å². The van der Waals surface area contributed by atoms with Crippen LogP contribution >= 0.6 is 11.8 Å². The van der Waals surface area contributed by atoms with Crippen LogP contribution in [0.25, 0.3) is 5.57 Å². The van der Waals surface area contributed by atoms with E-state index in [2.05, 4.69) is 33.8 Å². The fraction of sp³-hybridized carbons (Fsp3) is 0.263. The van der Waals surface area contributed by atoms with Crippen molar-refractivity contribution in [2.45, 2.75) is 18.1 Å². The van der Waals surface area contributed by atoms with Gasteiger partial charge in [-0.15, -0.1) is 11.8 Å². The summed E-state index contributed by atoms with van der Waals surface area (Å²) in [6.07, 6.45) is 5.02. The van der Waals surface area contributed by atoms with Gasteiger partial charge in [-0.25, -0.2) is 4.99 Å². The van der Waals surface area contributed by atoms with Crippen LogP contribution in [0.15, 0.2) is 53.2 Å². The van der Waals surface area contributed by atoms with Crippen molar-refractivity contribution in [1.29, 1.82) is 0 Å². The Morgan fingerprint density at radius 2 is 1.81 bits per heavy atom. The number of carboxylic acid groups (broad SMARTS) is 1. The summed E-state index contributed by atoms with van der Waals surface area (Å²) in [6, 6.07) is 10.2. The second-order valence-electron chi connectivity index (χ2n) is 6.09. The third kappa shape index (κ3) is 5.30. The lowest BCUT2D eigenvalue weighted by Gasteiger charge is -2.17. The predicted molar refractivity (Wildman–Crippen MR) is 104 cm³/mol. The molecular formula is C19H19N3O4S. The van der Waals surface area contributed by atoms with E-state index in [9.17, 15) is 14.4 Å². The van der Waals surface area contributed by atoms with E-state index < -0.39 is 18.4 Å². The van der Waals surface area contributed by atoms with Gasteiger partial charge < -0.3 is 15.7 Å². The number of carbonyl (C=O) groups excluding carboxylic acids is 2. The second-order valence-corrected chi connectivity index (χ2v) is 7.37. The van der Waals surface area contributed by atoms with Crippen LogP contribution in [0, 0.1) is 0 Å². The maximum absolute atomic E-state index is 12.0. The van der Waals surface area contributed by atoms with Crippen LogP contribution in [-0.2, 0) is 14.4 Å². The smallest absolute Gasteiger partial charge is 0.322 e. The molecule has 0 saturated heterocycles. The van der Waals surface area contributed by atoms with Crippen LogP contribution in [-0.4, -0.2) is 46.3 Å². The van der Waals surface area contributed by atoms with Crippen LogP contribution in [0.2, 0.25) is 0 Å². The molecule has 1 unspecified atom stereocenters. The van der Waals surface area contributed by atoms with Crippen molar-refractivity contribution in [3.63, 3.8) is 0 Å². The number of rotatable bonds is 7. The fourth-order valence-corrected chi connectivity index (χ4v) is 3.99. The topological polar surface area (TPSA) is 108 Å². The summed E-state index contributed by atoms with van der Waals surface area (Å²) in [6.45, 7) is -0.722. The Balaban J connectivity index is 1.50. The summed E-state index contributed by atoms with van der Waals surface area (Å²) in [5.41, 5.74) is 3.39. The van der Waals surface area contributed by atoms with E-state index in [-0.39, 0.29) is 24.1 Å². The first kappa shape index (κ1) is 18.9. The first-order chi connectivity index (χ1) is 13.0. The lowest BCUT2D eigenvalue weighted by molar-refractivity contribution is -0.137. The molecule has 3 N–H and O–H groups in total.